The van der Waals surface area contributed by atoms with Gasteiger partial charge >= 0.3 is 0 Å². The molecule has 0 aliphatic heterocycles. The smallest absolute Gasteiger partial charge is 0.254 e. The van der Waals surface area contributed by atoms with Gasteiger partial charge in [0.1, 0.15) is 5.82 Å². The zero-order chi connectivity index (χ0) is 14.0. The number of methoxy groups -OCH3 is 1. The fraction of sp³-hybridized carbons (Fsp3) is 0.0769. The van der Waals surface area contributed by atoms with Crippen molar-refractivity contribution in [2.75, 3.05) is 12.8 Å². The Labute approximate surface area is 120 Å². The average molecular weight is 294 g/mol. The molecule has 1 aromatic heterocycles. The number of aromatic nitrogens is 1. The van der Waals surface area contributed by atoms with Gasteiger partial charge < -0.3 is 10.5 Å². The van der Waals surface area contributed by atoms with Crippen molar-refractivity contribution in [2.24, 2.45) is 0 Å². The van der Waals surface area contributed by atoms with E-state index in [1.165, 1.54) is 7.11 Å². The summed E-state index contributed by atoms with van der Waals surface area (Å²) in [7, 11) is 1.44. The Morgan fingerprint density at radius 2 is 2.00 bits per heavy atom. The summed E-state index contributed by atoms with van der Waals surface area (Å²) in [6, 6.07) is 6.70. The maximum Gasteiger partial charge on any atom is 0.254 e. The molecule has 19 heavy (non-hydrogen) atoms. The van der Waals surface area contributed by atoms with Gasteiger partial charge in [0.15, 0.2) is 0 Å². The average Bonchev–Trinajstić information content (AvgIpc) is 2.40. The van der Waals surface area contributed by atoms with Crippen LogP contribution in [-0.4, -0.2) is 12.1 Å². The lowest BCUT2D eigenvalue weighted by Gasteiger charge is -2.10. The molecule has 0 radical (unpaired) electrons. The maximum atomic E-state index is 7.25. The van der Waals surface area contributed by atoms with Crippen molar-refractivity contribution in [2.45, 2.75) is 0 Å². The van der Waals surface area contributed by atoms with Crippen molar-refractivity contribution in [1.29, 1.82) is 0 Å². The Hall–Kier alpha value is -1.96. The van der Waals surface area contributed by atoms with Crippen LogP contribution in [0.15, 0.2) is 24.3 Å². The number of pyridine rings is 1. The molecule has 6 heteroatoms. The molecule has 2 aromatic rings. The van der Waals surface area contributed by atoms with Crippen LogP contribution in [0.2, 0.25) is 10.0 Å². The Morgan fingerprint density at radius 3 is 2.58 bits per heavy atom. The molecule has 0 bridgehead atoms. The molecule has 0 aliphatic carbocycles. The van der Waals surface area contributed by atoms with Crippen LogP contribution in [0.1, 0.15) is 0 Å². The molecule has 0 fully saturated rings. The number of halogens is 2. The van der Waals surface area contributed by atoms with E-state index in [9.17, 15) is 0 Å². The number of anilines is 1. The van der Waals surface area contributed by atoms with Crippen molar-refractivity contribution in [3.63, 3.8) is 0 Å². The van der Waals surface area contributed by atoms with Gasteiger partial charge in [0.25, 0.3) is 5.69 Å². The van der Waals surface area contributed by atoms with Crippen LogP contribution in [-0.2, 0) is 0 Å². The van der Waals surface area contributed by atoms with Crippen molar-refractivity contribution in [1.82, 2.24) is 4.98 Å². The van der Waals surface area contributed by atoms with E-state index in [-0.39, 0.29) is 17.4 Å². The van der Waals surface area contributed by atoms with E-state index in [1.54, 1.807) is 24.3 Å². The number of ether oxygens (including phenoxy) is 1. The summed E-state index contributed by atoms with van der Waals surface area (Å²) in [6.45, 7) is 7.25. The zero-order valence-corrected chi connectivity index (χ0v) is 11.5. The van der Waals surface area contributed by atoms with Crippen molar-refractivity contribution < 1.29 is 4.74 Å². The van der Waals surface area contributed by atoms with Gasteiger partial charge in [0.05, 0.1) is 23.7 Å². The molecule has 0 aliphatic rings. The lowest BCUT2D eigenvalue weighted by Crippen LogP contribution is -1.96. The van der Waals surface area contributed by atoms with Gasteiger partial charge in [-0.2, -0.15) is 0 Å². The molecular weight excluding hydrogens is 285 g/mol. The van der Waals surface area contributed by atoms with Crippen molar-refractivity contribution >= 4 is 34.7 Å². The van der Waals surface area contributed by atoms with Crippen LogP contribution in [0.25, 0.3) is 16.0 Å². The normalized spacial score (nSPS) is 10.0. The molecular formula is C13H9Cl2N3O. The highest BCUT2D eigenvalue weighted by atomic mass is 35.5. The third-order valence-corrected chi connectivity index (χ3v) is 3.26. The van der Waals surface area contributed by atoms with E-state index in [2.05, 4.69) is 9.83 Å². The molecule has 96 valence electrons. The van der Waals surface area contributed by atoms with E-state index >= 15 is 0 Å². The van der Waals surface area contributed by atoms with Crippen molar-refractivity contribution in [3.8, 4) is 17.0 Å². The van der Waals surface area contributed by atoms with Crippen LogP contribution in [0.4, 0.5) is 11.5 Å². The Morgan fingerprint density at radius 1 is 1.26 bits per heavy atom. The van der Waals surface area contributed by atoms with Crippen LogP contribution in [0.5, 0.6) is 5.88 Å². The highest BCUT2D eigenvalue weighted by Crippen LogP contribution is 2.39. The summed E-state index contributed by atoms with van der Waals surface area (Å²) in [5.74, 6) is 0.460. The molecule has 0 unspecified atom stereocenters. The molecule has 2 rings (SSSR count). The fourth-order valence-electron chi connectivity index (χ4n) is 1.67. The maximum absolute atomic E-state index is 7.25. The quantitative estimate of drug-likeness (QED) is 0.845. The van der Waals surface area contributed by atoms with Crippen molar-refractivity contribution in [3.05, 3.63) is 45.7 Å². The van der Waals surface area contributed by atoms with Gasteiger partial charge in [-0.25, -0.2) is 9.83 Å². The lowest BCUT2D eigenvalue weighted by molar-refractivity contribution is 0.401. The van der Waals surface area contributed by atoms with Gasteiger partial charge in [0, 0.05) is 0 Å². The lowest BCUT2D eigenvalue weighted by atomic mass is 10.0. The molecule has 1 heterocycles. The minimum Gasteiger partial charge on any atom is -0.490 e. The summed E-state index contributed by atoms with van der Waals surface area (Å²) >= 11 is 11.9. The Bertz CT molecular complexity index is 680. The summed E-state index contributed by atoms with van der Waals surface area (Å²) in [5.41, 5.74) is 7.34. The SMILES string of the molecule is [C-]#[N+]c1c(-c2ccc(Cl)c(Cl)c2)cc(N)nc1OC. The highest BCUT2D eigenvalue weighted by Gasteiger charge is 2.15. The van der Waals surface area contributed by atoms with Crippen LogP contribution in [0, 0.1) is 6.57 Å². The number of nitrogens with zero attached hydrogens (tertiary/aromatic N) is 2. The predicted molar refractivity (Wildman–Crippen MR) is 76.9 cm³/mol. The first kappa shape index (κ1) is 13.5. The van der Waals surface area contributed by atoms with Gasteiger partial charge in [-0.3, -0.25) is 0 Å². The number of hydrogen-bond donors (Lipinski definition) is 1. The summed E-state index contributed by atoms with van der Waals surface area (Å²) in [5, 5.41) is 0.855. The number of benzene rings is 1. The Kier molecular flexibility index (Phi) is 3.79. The van der Waals surface area contributed by atoms with E-state index < -0.39 is 0 Å². The minimum absolute atomic E-state index is 0.191. The van der Waals surface area contributed by atoms with E-state index in [1.807, 2.05) is 0 Å². The number of hydrogen-bond acceptors (Lipinski definition) is 3. The van der Waals surface area contributed by atoms with Crippen LogP contribution in [0.3, 0.4) is 0 Å². The number of nitrogen functional groups attached to an aromatic ring is 1. The molecule has 1 aromatic carbocycles. The minimum atomic E-state index is 0.191. The summed E-state index contributed by atoms with van der Waals surface area (Å²) < 4.78 is 5.07. The highest BCUT2D eigenvalue weighted by molar-refractivity contribution is 6.42. The number of rotatable bonds is 2. The van der Waals surface area contributed by atoms with E-state index in [4.69, 9.17) is 40.2 Å². The molecule has 0 atom stereocenters. The third-order valence-electron chi connectivity index (χ3n) is 2.52. The summed E-state index contributed by atoms with van der Waals surface area (Å²) in [4.78, 5) is 7.41. The largest absolute Gasteiger partial charge is 0.490 e. The van der Waals surface area contributed by atoms with E-state index in [0.29, 0.717) is 15.6 Å². The number of nitrogens with two attached hydrogens (primary N) is 1. The zero-order valence-electron chi connectivity index (χ0n) is 9.95. The van der Waals surface area contributed by atoms with Crippen LogP contribution >= 0.6 is 23.2 Å². The fourth-order valence-corrected chi connectivity index (χ4v) is 1.97. The molecule has 0 saturated carbocycles. The molecule has 4 nitrogen and oxygen atoms in total. The van der Waals surface area contributed by atoms with Gasteiger partial charge in [-0.1, -0.05) is 29.3 Å². The molecule has 0 spiro atoms. The standard InChI is InChI=1S/C13H9Cl2N3O/c1-17-12-8(6-11(16)18-13(12)19-2)7-3-4-9(14)10(15)5-7/h3-6H,2H3,(H2,16,18). The third kappa shape index (κ3) is 2.58. The first-order valence-electron chi connectivity index (χ1n) is 5.24. The topological polar surface area (TPSA) is 52.5 Å². The Balaban J connectivity index is 2.71. The predicted octanol–water partition coefficient (Wildman–Crippen LogP) is 4.20. The summed E-state index contributed by atoms with van der Waals surface area (Å²) in [6.07, 6.45) is 0. The van der Waals surface area contributed by atoms with E-state index in [0.717, 1.165) is 5.56 Å². The first-order valence-corrected chi connectivity index (χ1v) is 5.99. The van der Waals surface area contributed by atoms with Crippen LogP contribution < -0.4 is 10.5 Å². The molecule has 0 amide bonds. The second-order valence-corrected chi connectivity index (χ2v) is 4.51. The molecule has 2 N–H and O–H groups in total. The van der Waals surface area contributed by atoms with Gasteiger partial charge in [-0.15, -0.1) is 0 Å². The second-order valence-electron chi connectivity index (χ2n) is 3.69. The second kappa shape index (κ2) is 5.35. The first-order chi connectivity index (χ1) is 9.06. The monoisotopic (exact) mass is 293 g/mol. The van der Waals surface area contributed by atoms with Gasteiger partial charge in [-0.05, 0) is 29.3 Å². The van der Waals surface area contributed by atoms with Gasteiger partial charge in [0.2, 0.25) is 5.88 Å². The molecule has 0 saturated heterocycles.